The van der Waals surface area contributed by atoms with E-state index in [1.165, 1.54) is 10.4 Å². The number of halogens is 1. The first-order valence-corrected chi connectivity index (χ1v) is 8.47. The molecule has 0 amide bonds. The van der Waals surface area contributed by atoms with E-state index in [0.29, 0.717) is 6.04 Å². The number of aliphatic imine (C=N–C) groups is 1. The van der Waals surface area contributed by atoms with Gasteiger partial charge in [0.2, 0.25) is 0 Å². The monoisotopic (exact) mass is 444 g/mol. The minimum absolute atomic E-state index is 0. The molecule has 2 rings (SSSR count). The highest BCUT2D eigenvalue weighted by atomic mass is 127. The van der Waals surface area contributed by atoms with E-state index >= 15 is 0 Å². The molecule has 1 unspecified atom stereocenters. The molecule has 0 radical (unpaired) electrons. The van der Waals surface area contributed by atoms with Crippen LogP contribution in [0.1, 0.15) is 29.5 Å². The van der Waals surface area contributed by atoms with E-state index in [4.69, 9.17) is 0 Å². The van der Waals surface area contributed by atoms with Crippen molar-refractivity contribution in [1.82, 2.24) is 15.6 Å². The lowest BCUT2D eigenvalue weighted by atomic mass is 10.1. The highest BCUT2D eigenvalue weighted by molar-refractivity contribution is 14.0. The second kappa shape index (κ2) is 10.6. The SMILES string of the molecule is CN=C(NCc1scnc1C)NC(C)CCc1ccccc1.I. The predicted octanol–water partition coefficient (Wildman–Crippen LogP) is 3.76. The molecule has 1 heterocycles. The van der Waals surface area contributed by atoms with Crippen LogP contribution in [0.2, 0.25) is 0 Å². The van der Waals surface area contributed by atoms with E-state index in [1.54, 1.807) is 18.4 Å². The highest BCUT2D eigenvalue weighted by Crippen LogP contribution is 2.11. The first-order chi connectivity index (χ1) is 10.7. The van der Waals surface area contributed by atoms with Gasteiger partial charge in [0, 0.05) is 18.0 Å². The maximum Gasteiger partial charge on any atom is 0.191 e. The zero-order chi connectivity index (χ0) is 15.8. The smallest absolute Gasteiger partial charge is 0.191 e. The first-order valence-electron chi connectivity index (χ1n) is 7.59. The Labute approximate surface area is 159 Å². The molecule has 0 saturated carbocycles. The van der Waals surface area contributed by atoms with Crippen molar-refractivity contribution in [2.24, 2.45) is 4.99 Å². The summed E-state index contributed by atoms with van der Waals surface area (Å²) in [5.74, 6) is 0.841. The minimum Gasteiger partial charge on any atom is -0.354 e. The third-order valence-electron chi connectivity index (χ3n) is 3.58. The van der Waals surface area contributed by atoms with Crippen LogP contribution in [-0.2, 0) is 13.0 Å². The Hall–Kier alpha value is -1.15. The summed E-state index contributed by atoms with van der Waals surface area (Å²) in [4.78, 5) is 9.80. The lowest BCUT2D eigenvalue weighted by Crippen LogP contribution is -2.42. The van der Waals surface area contributed by atoms with Crippen molar-refractivity contribution in [3.05, 3.63) is 52.0 Å². The Morgan fingerprint density at radius 2 is 2.04 bits per heavy atom. The molecular weight excluding hydrogens is 419 g/mol. The lowest BCUT2D eigenvalue weighted by Gasteiger charge is -2.17. The van der Waals surface area contributed by atoms with Crippen molar-refractivity contribution in [3.8, 4) is 0 Å². The standard InChI is InChI=1S/C17H24N4S.HI/c1-13(9-10-15-7-5-4-6-8-15)21-17(18-3)19-11-16-14(2)20-12-22-16;/h4-8,12-13H,9-11H2,1-3H3,(H2,18,19,21);1H. The highest BCUT2D eigenvalue weighted by Gasteiger charge is 2.07. The van der Waals surface area contributed by atoms with E-state index in [-0.39, 0.29) is 24.0 Å². The summed E-state index contributed by atoms with van der Waals surface area (Å²) in [5, 5.41) is 6.79. The van der Waals surface area contributed by atoms with Crippen LogP contribution in [0.3, 0.4) is 0 Å². The molecule has 1 aromatic carbocycles. The van der Waals surface area contributed by atoms with E-state index in [0.717, 1.165) is 31.0 Å². The van der Waals surface area contributed by atoms with Gasteiger partial charge in [-0.3, -0.25) is 4.99 Å². The van der Waals surface area contributed by atoms with Crippen molar-refractivity contribution in [2.75, 3.05) is 7.05 Å². The van der Waals surface area contributed by atoms with Crippen LogP contribution in [0.25, 0.3) is 0 Å². The molecule has 126 valence electrons. The minimum atomic E-state index is 0. The molecule has 0 aliphatic heterocycles. The maximum absolute atomic E-state index is 4.29. The number of thiazole rings is 1. The number of rotatable bonds is 6. The van der Waals surface area contributed by atoms with Gasteiger partial charge in [-0.05, 0) is 32.3 Å². The van der Waals surface area contributed by atoms with Gasteiger partial charge in [-0.15, -0.1) is 35.3 Å². The molecule has 1 atom stereocenters. The number of hydrogen-bond donors (Lipinski definition) is 2. The molecule has 0 aliphatic carbocycles. The average molecular weight is 444 g/mol. The van der Waals surface area contributed by atoms with E-state index < -0.39 is 0 Å². The quantitative estimate of drug-likeness (QED) is 0.405. The maximum atomic E-state index is 4.29. The van der Waals surface area contributed by atoms with Gasteiger partial charge in [0.1, 0.15) is 0 Å². The normalized spacial score (nSPS) is 12.4. The van der Waals surface area contributed by atoms with Gasteiger partial charge >= 0.3 is 0 Å². The van der Waals surface area contributed by atoms with Gasteiger partial charge in [-0.2, -0.15) is 0 Å². The fraction of sp³-hybridized carbons (Fsp3) is 0.412. The zero-order valence-corrected chi connectivity index (χ0v) is 17.0. The fourth-order valence-electron chi connectivity index (χ4n) is 2.19. The topological polar surface area (TPSA) is 49.3 Å². The molecule has 0 saturated heterocycles. The molecule has 1 aromatic heterocycles. The van der Waals surface area contributed by atoms with Crippen LogP contribution in [0, 0.1) is 6.92 Å². The molecule has 6 heteroatoms. The Kier molecular flexibility index (Phi) is 9.16. The van der Waals surface area contributed by atoms with Crippen molar-refractivity contribution < 1.29 is 0 Å². The Balaban J connectivity index is 0.00000264. The van der Waals surface area contributed by atoms with Gasteiger partial charge in [-0.1, -0.05) is 30.3 Å². The Morgan fingerprint density at radius 3 is 2.65 bits per heavy atom. The molecular formula is C17H25IN4S. The summed E-state index contributed by atoms with van der Waals surface area (Å²) >= 11 is 1.67. The number of nitrogens with one attached hydrogen (secondary N) is 2. The third kappa shape index (κ3) is 6.87. The van der Waals surface area contributed by atoms with E-state index in [2.05, 4.69) is 57.9 Å². The Bertz CT molecular complexity index is 598. The van der Waals surface area contributed by atoms with Crippen LogP contribution in [-0.4, -0.2) is 24.0 Å². The van der Waals surface area contributed by atoms with Crippen molar-refractivity contribution in [1.29, 1.82) is 0 Å². The molecule has 2 N–H and O–H groups in total. The molecule has 4 nitrogen and oxygen atoms in total. The van der Waals surface area contributed by atoms with Crippen LogP contribution >= 0.6 is 35.3 Å². The summed E-state index contributed by atoms with van der Waals surface area (Å²) in [6.07, 6.45) is 2.14. The molecule has 0 spiro atoms. The van der Waals surface area contributed by atoms with E-state index in [9.17, 15) is 0 Å². The zero-order valence-electron chi connectivity index (χ0n) is 13.9. The lowest BCUT2D eigenvalue weighted by molar-refractivity contribution is 0.593. The van der Waals surface area contributed by atoms with Gasteiger partial charge in [0.25, 0.3) is 0 Å². The summed E-state index contributed by atoms with van der Waals surface area (Å²) in [5.41, 5.74) is 4.34. The predicted molar refractivity (Wildman–Crippen MR) is 110 cm³/mol. The van der Waals surface area contributed by atoms with Gasteiger partial charge in [-0.25, -0.2) is 4.98 Å². The van der Waals surface area contributed by atoms with Crippen LogP contribution in [0.15, 0.2) is 40.8 Å². The Morgan fingerprint density at radius 1 is 1.30 bits per heavy atom. The fourth-order valence-corrected chi connectivity index (χ4v) is 2.90. The summed E-state index contributed by atoms with van der Waals surface area (Å²) in [7, 11) is 1.80. The second-order valence-corrected chi connectivity index (χ2v) is 6.30. The van der Waals surface area contributed by atoms with Crippen LogP contribution < -0.4 is 10.6 Å². The van der Waals surface area contributed by atoms with Crippen LogP contribution in [0.4, 0.5) is 0 Å². The summed E-state index contributed by atoms with van der Waals surface area (Å²) in [6, 6.07) is 10.9. The second-order valence-electron chi connectivity index (χ2n) is 5.36. The molecule has 0 fully saturated rings. The number of aryl methyl sites for hydroxylation is 2. The molecule has 23 heavy (non-hydrogen) atoms. The number of benzene rings is 1. The number of aromatic nitrogens is 1. The largest absolute Gasteiger partial charge is 0.354 e. The van der Waals surface area contributed by atoms with Gasteiger partial charge in [0.05, 0.1) is 17.7 Å². The van der Waals surface area contributed by atoms with Gasteiger partial charge in [0.15, 0.2) is 5.96 Å². The van der Waals surface area contributed by atoms with Crippen molar-refractivity contribution in [3.63, 3.8) is 0 Å². The summed E-state index contributed by atoms with van der Waals surface area (Å²) in [6.45, 7) is 4.99. The van der Waals surface area contributed by atoms with Crippen molar-refractivity contribution in [2.45, 2.75) is 39.3 Å². The van der Waals surface area contributed by atoms with E-state index in [1.807, 2.05) is 12.4 Å². The average Bonchev–Trinajstić information content (AvgIpc) is 2.95. The third-order valence-corrected chi connectivity index (χ3v) is 4.51. The number of guanidine groups is 1. The van der Waals surface area contributed by atoms with Crippen LogP contribution in [0.5, 0.6) is 0 Å². The molecule has 0 bridgehead atoms. The number of hydrogen-bond acceptors (Lipinski definition) is 3. The first kappa shape index (κ1) is 19.9. The number of nitrogens with zero attached hydrogens (tertiary/aromatic N) is 2. The molecule has 2 aromatic rings. The summed E-state index contributed by atoms with van der Waals surface area (Å²) < 4.78 is 0. The van der Waals surface area contributed by atoms with Gasteiger partial charge < -0.3 is 10.6 Å². The molecule has 0 aliphatic rings. The van der Waals surface area contributed by atoms with Crippen molar-refractivity contribution >= 4 is 41.3 Å².